The molecule has 0 saturated heterocycles. The van der Waals surface area contributed by atoms with Crippen LogP contribution in [0, 0.1) is 0 Å². The van der Waals surface area contributed by atoms with Gasteiger partial charge in [-0.25, -0.2) is 0 Å². The van der Waals surface area contributed by atoms with Crippen LogP contribution in [0.3, 0.4) is 0 Å². The van der Waals surface area contributed by atoms with Crippen LogP contribution >= 0.6 is 0 Å². The van der Waals surface area contributed by atoms with Crippen LogP contribution in [0.15, 0.2) is 23.4 Å². The van der Waals surface area contributed by atoms with E-state index in [0.717, 1.165) is 5.56 Å². The minimum Gasteiger partial charge on any atom is -0.454 e. The monoisotopic (exact) mass is 333 g/mol. The predicted octanol–water partition coefficient (Wildman–Crippen LogP) is 0.551. The number of nitrogens with one attached hydrogen (secondary N) is 2. The molecule has 24 heavy (non-hydrogen) atoms. The van der Waals surface area contributed by atoms with Gasteiger partial charge in [-0.2, -0.15) is 0 Å². The van der Waals surface area contributed by atoms with Gasteiger partial charge < -0.3 is 24.9 Å². The summed E-state index contributed by atoms with van der Waals surface area (Å²) in [5.41, 5.74) is 1.51. The summed E-state index contributed by atoms with van der Waals surface area (Å²) in [6.07, 6.45) is -0.0749. The van der Waals surface area contributed by atoms with E-state index in [1.165, 1.54) is 0 Å². The largest absolute Gasteiger partial charge is 0.454 e. The highest BCUT2D eigenvalue weighted by atomic mass is 16.7. The lowest BCUT2D eigenvalue weighted by molar-refractivity contribution is -0.131. The second-order valence-electron chi connectivity index (χ2n) is 5.40. The van der Waals surface area contributed by atoms with E-state index < -0.39 is 6.10 Å². The van der Waals surface area contributed by atoms with Gasteiger partial charge in [-0.05, 0) is 25.1 Å². The summed E-state index contributed by atoms with van der Waals surface area (Å²) in [4.78, 5) is 28.6. The summed E-state index contributed by atoms with van der Waals surface area (Å²) in [5.74, 6) is 0.976. The highest BCUT2D eigenvalue weighted by molar-refractivity contribution is 6.04. The molecule has 2 aliphatic heterocycles. The van der Waals surface area contributed by atoms with Gasteiger partial charge in [0, 0.05) is 31.5 Å². The van der Waals surface area contributed by atoms with Crippen molar-refractivity contribution >= 4 is 17.5 Å². The molecule has 2 N–H and O–H groups in total. The zero-order chi connectivity index (χ0) is 16.9. The van der Waals surface area contributed by atoms with E-state index in [-0.39, 0.29) is 31.6 Å². The van der Waals surface area contributed by atoms with Crippen LogP contribution in [-0.2, 0) is 14.4 Å². The maximum atomic E-state index is 12.1. The highest BCUT2D eigenvalue weighted by Crippen LogP contribution is 2.33. The van der Waals surface area contributed by atoms with Crippen LogP contribution in [0.25, 0.3) is 0 Å². The van der Waals surface area contributed by atoms with Crippen molar-refractivity contribution in [2.75, 3.05) is 19.9 Å². The molecule has 2 amide bonds. The normalized spacial score (nSPS) is 17.9. The van der Waals surface area contributed by atoms with Crippen LogP contribution in [0.5, 0.6) is 11.5 Å². The summed E-state index contributed by atoms with van der Waals surface area (Å²) >= 11 is 0. The molecule has 0 radical (unpaired) electrons. The molecule has 1 atom stereocenters. The van der Waals surface area contributed by atoms with Crippen molar-refractivity contribution < 1.29 is 23.9 Å². The Morgan fingerprint density at radius 1 is 1.25 bits per heavy atom. The predicted molar refractivity (Wildman–Crippen MR) is 84.9 cm³/mol. The number of carbonyl (C=O) groups is 2. The molecular weight excluding hydrogens is 314 g/mol. The van der Waals surface area contributed by atoms with Gasteiger partial charge in [0.1, 0.15) is 0 Å². The van der Waals surface area contributed by atoms with Gasteiger partial charge in [-0.15, -0.1) is 0 Å². The number of rotatable bonds is 6. The van der Waals surface area contributed by atoms with Crippen LogP contribution in [0.4, 0.5) is 0 Å². The second kappa shape index (κ2) is 7.20. The number of nitrogens with zero attached hydrogens (tertiary/aromatic N) is 1. The average molecular weight is 333 g/mol. The van der Waals surface area contributed by atoms with Crippen molar-refractivity contribution in [2.24, 2.45) is 5.16 Å². The molecule has 0 saturated carbocycles. The van der Waals surface area contributed by atoms with E-state index in [4.69, 9.17) is 14.3 Å². The van der Waals surface area contributed by atoms with Crippen LogP contribution in [-0.4, -0.2) is 43.5 Å². The Kier molecular flexibility index (Phi) is 4.83. The third kappa shape index (κ3) is 3.58. The van der Waals surface area contributed by atoms with E-state index in [1.54, 1.807) is 6.07 Å². The van der Waals surface area contributed by atoms with E-state index in [1.807, 2.05) is 19.1 Å². The highest BCUT2D eigenvalue weighted by Gasteiger charge is 2.29. The van der Waals surface area contributed by atoms with Crippen LogP contribution in [0.2, 0.25) is 0 Å². The van der Waals surface area contributed by atoms with Gasteiger partial charge in [-0.1, -0.05) is 5.16 Å². The first-order chi connectivity index (χ1) is 11.7. The van der Waals surface area contributed by atoms with E-state index in [2.05, 4.69) is 15.8 Å². The standard InChI is InChI=1S/C16H19N3O5/c1-2-17-15(20)5-6-18-16(21)14-8-11(19-24-14)10-3-4-12-13(7-10)23-9-22-12/h3-4,7,14H,2,5-6,8-9H2,1H3,(H,17,20)(H,18,21)/t14-/m1/s1. The molecule has 0 unspecified atom stereocenters. The lowest BCUT2D eigenvalue weighted by atomic mass is 10.0. The molecule has 2 heterocycles. The van der Waals surface area contributed by atoms with Crippen molar-refractivity contribution in [2.45, 2.75) is 25.9 Å². The van der Waals surface area contributed by atoms with Gasteiger partial charge in [-0.3, -0.25) is 9.59 Å². The molecule has 128 valence electrons. The first-order valence-corrected chi connectivity index (χ1v) is 7.84. The number of ether oxygens (including phenoxy) is 2. The number of hydrogen-bond donors (Lipinski definition) is 2. The van der Waals surface area contributed by atoms with Crippen molar-refractivity contribution in [1.82, 2.24) is 10.6 Å². The minimum absolute atomic E-state index is 0.0950. The minimum atomic E-state index is -0.681. The Bertz CT molecular complexity index is 674. The zero-order valence-electron chi connectivity index (χ0n) is 13.3. The maximum Gasteiger partial charge on any atom is 0.264 e. The lowest BCUT2D eigenvalue weighted by Crippen LogP contribution is -2.37. The van der Waals surface area contributed by atoms with Gasteiger partial charge in [0.15, 0.2) is 11.5 Å². The molecule has 8 nitrogen and oxygen atoms in total. The van der Waals surface area contributed by atoms with Crippen LogP contribution in [0.1, 0.15) is 25.3 Å². The molecule has 0 aliphatic carbocycles. The number of carbonyl (C=O) groups excluding carboxylic acids is 2. The number of fused-ring (bicyclic) bond motifs is 1. The fourth-order valence-electron chi connectivity index (χ4n) is 2.46. The molecule has 0 aromatic heterocycles. The van der Waals surface area contributed by atoms with E-state index >= 15 is 0 Å². The summed E-state index contributed by atoms with van der Waals surface area (Å²) < 4.78 is 10.6. The Morgan fingerprint density at radius 3 is 2.92 bits per heavy atom. The Labute approximate surface area is 139 Å². The first kappa shape index (κ1) is 16.1. The Hall–Kier alpha value is -2.77. The number of benzene rings is 1. The van der Waals surface area contributed by atoms with Gasteiger partial charge in [0.25, 0.3) is 5.91 Å². The summed E-state index contributed by atoms with van der Waals surface area (Å²) in [6, 6.07) is 5.48. The molecule has 0 bridgehead atoms. The average Bonchev–Trinajstić information content (AvgIpc) is 3.23. The van der Waals surface area contributed by atoms with Crippen molar-refractivity contribution in [1.29, 1.82) is 0 Å². The van der Waals surface area contributed by atoms with Crippen molar-refractivity contribution in [3.63, 3.8) is 0 Å². The first-order valence-electron chi connectivity index (χ1n) is 7.84. The van der Waals surface area contributed by atoms with Gasteiger partial charge in [0.05, 0.1) is 5.71 Å². The second-order valence-corrected chi connectivity index (χ2v) is 5.40. The molecule has 1 aromatic rings. The molecular formula is C16H19N3O5. The summed E-state index contributed by atoms with van der Waals surface area (Å²) in [6.45, 7) is 2.89. The smallest absolute Gasteiger partial charge is 0.264 e. The fraction of sp³-hybridized carbons (Fsp3) is 0.438. The fourth-order valence-corrected chi connectivity index (χ4v) is 2.46. The molecule has 3 rings (SSSR count). The molecule has 8 heteroatoms. The van der Waals surface area contributed by atoms with E-state index in [0.29, 0.717) is 30.2 Å². The third-order valence-electron chi connectivity index (χ3n) is 3.69. The number of amides is 2. The SMILES string of the molecule is CCNC(=O)CCNC(=O)[C@H]1CC(c2ccc3c(c2)OCO3)=NO1. The molecule has 0 fully saturated rings. The van der Waals surface area contributed by atoms with E-state index in [9.17, 15) is 9.59 Å². The summed E-state index contributed by atoms with van der Waals surface area (Å²) in [7, 11) is 0. The third-order valence-corrected chi connectivity index (χ3v) is 3.69. The van der Waals surface area contributed by atoms with Gasteiger partial charge >= 0.3 is 0 Å². The van der Waals surface area contributed by atoms with Crippen molar-refractivity contribution in [3.05, 3.63) is 23.8 Å². The zero-order valence-corrected chi connectivity index (χ0v) is 13.3. The molecule has 0 spiro atoms. The maximum absolute atomic E-state index is 12.1. The topological polar surface area (TPSA) is 98.3 Å². The summed E-state index contributed by atoms with van der Waals surface area (Å²) in [5, 5.41) is 9.34. The molecule has 2 aliphatic rings. The Balaban J connectivity index is 1.49. The number of hydrogen-bond acceptors (Lipinski definition) is 6. The molecule has 1 aromatic carbocycles. The Morgan fingerprint density at radius 2 is 2.08 bits per heavy atom. The van der Waals surface area contributed by atoms with Gasteiger partial charge in [0.2, 0.25) is 18.8 Å². The van der Waals surface area contributed by atoms with Crippen molar-refractivity contribution in [3.8, 4) is 11.5 Å². The van der Waals surface area contributed by atoms with Crippen LogP contribution < -0.4 is 20.1 Å². The lowest BCUT2D eigenvalue weighted by Gasteiger charge is -2.09. The number of oxime groups is 1. The quantitative estimate of drug-likeness (QED) is 0.792.